The lowest BCUT2D eigenvalue weighted by atomic mass is 9.76. The fourth-order valence-corrected chi connectivity index (χ4v) is 4.00. The Morgan fingerprint density at radius 2 is 1.65 bits per heavy atom. The van der Waals surface area contributed by atoms with Gasteiger partial charge in [-0.25, -0.2) is 0 Å². The number of aromatic nitrogens is 4. The van der Waals surface area contributed by atoms with Crippen LogP contribution in [0.15, 0.2) is 30.6 Å². The number of halogens is 3. The van der Waals surface area contributed by atoms with Crippen LogP contribution in [0.4, 0.5) is 19.0 Å². The molecule has 2 aromatic heterocycles. The summed E-state index contributed by atoms with van der Waals surface area (Å²) in [4.78, 5) is 2.01. The highest BCUT2D eigenvalue weighted by atomic mass is 19.4. The summed E-state index contributed by atoms with van der Waals surface area (Å²) < 4.78 is 38.9. The van der Waals surface area contributed by atoms with Gasteiger partial charge in [0.2, 0.25) is 0 Å². The van der Waals surface area contributed by atoms with Gasteiger partial charge in [0, 0.05) is 35.9 Å². The van der Waals surface area contributed by atoms with Crippen molar-refractivity contribution in [1.29, 1.82) is 0 Å². The van der Waals surface area contributed by atoms with Crippen LogP contribution in [0.2, 0.25) is 0 Å². The number of benzene rings is 1. The lowest BCUT2D eigenvalue weighted by molar-refractivity contribution is -0.137. The molecule has 0 aliphatic carbocycles. The van der Waals surface area contributed by atoms with Gasteiger partial charge in [-0.1, -0.05) is 13.8 Å². The number of anilines is 1. The van der Waals surface area contributed by atoms with E-state index in [4.69, 9.17) is 0 Å². The Balaban J connectivity index is 1.80. The molecule has 0 saturated carbocycles. The number of aromatic hydroxyl groups is 1. The van der Waals surface area contributed by atoms with E-state index in [1.54, 1.807) is 0 Å². The lowest BCUT2D eigenvalue weighted by Crippen LogP contribution is -2.55. The summed E-state index contributed by atoms with van der Waals surface area (Å²) >= 11 is 0. The molecule has 3 aromatic rings. The van der Waals surface area contributed by atoms with Crippen molar-refractivity contribution in [3.63, 3.8) is 0 Å². The van der Waals surface area contributed by atoms with E-state index in [2.05, 4.69) is 20.4 Å². The molecule has 31 heavy (non-hydrogen) atoms. The summed E-state index contributed by atoms with van der Waals surface area (Å²) in [5, 5.41) is 38.5. The zero-order valence-corrected chi connectivity index (χ0v) is 17.2. The molecule has 2 N–H and O–H groups in total. The third kappa shape index (κ3) is 3.65. The molecular formula is C21H22F3N5O2. The summed E-state index contributed by atoms with van der Waals surface area (Å²) in [6.07, 6.45) is -1.60. The number of piperidine rings is 1. The fraction of sp³-hybridized carbons (Fsp3) is 0.429. The number of phenolic OH excluding ortho intramolecular Hbond substituents is 1. The quantitative estimate of drug-likeness (QED) is 0.637. The third-order valence-corrected chi connectivity index (χ3v) is 6.33. The van der Waals surface area contributed by atoms with Crippen molar-refractivity contribution in [2.45, 2.75) is 32.5 Å². The van der Waals surface area contributed by atoms with Crippen molar-refractivity contribution in [2.24, 2.45) is 11.8 Å². The molecule has 2 atom stereocenters. The number of alkyl halides is 3. The molecule has 0 amide bonds. The van der Waals surface area contributed by atoms with Crippen LogP contribution in [0.25, 0.3) is 22.0 Å². The van der Waals surface area contributed by atoms with E-state index in [1.165, 1.54) is 18.5 Å². The molecule has 4 rings (SSSR count). The number of aliphatic hydroxyl groups is 1. The van der Waals surface area contributed by atoms with Crippen LogP contribution in [0.1, 0.15) is 26.3 Å². The van der Waals surface area contributed by atoms with Crippen molar-refractivity contribution in [3.8, 4) is 17.0 Å². The number of fused-ring (bicyclic) bond motifs is 1. The highest BCUT2D eigenvalue weighted by Crippen LogP contribution is 2.40. The highest BCUT2D eigenvalue weighted by Gasteiger charge is 2.41. The van der Waals surface area contributed by atoms with Gasteiger partial charge in [-0.3, -0.25) is 0 Å². The number of hydrogen-bond acceptors (Lipinski definition) is 7. The van der Waals surface area contributed by atoms with Crippen LogP contribution in [-0.4, -0.2) is 49.3 Å². The van der Waals surface area contributed by atoms with Crippen molar-refractivity contribution in [2.75, 3.05) is 18.0 Å². The summed E-state index contributed by atoms with van der Waals surface area (Å²) in [5.41, 5.74) is -1.44. The van der Waals surface area contributed by atoms with Crippen molar-refractivity contribution < 1.29 is 23.4 Å². The number of phenols is 1. The second kappa shape index (κ2) is 7.30. The maximum absolute atomic E-state index is 13.0. The molecule has 1 saturated heterocycles. The maximum Gasteiger partial charge on any atom is 0.416 e. The first-order valence-electron chi connectivity index (χ1n) is 9.85. The van der Waals surface area contributed by atoms with Crippen molar-refractivity contribution in [1.82, 2.24) is 20.4 Å². The average Bonchev–Trinajstić information content (AvgIpc) is 2.71. The molecule has 0 bridgehead atoms. The standard InChI is InChI=1S/C21H22F3N5O2/c1-11-9-29(10-12(2)20(11,3)31)19-16-8-26-25-7-15(16)18(27-28-19)14-5-4-13(6-17(14)30)21(22,23)24/h4-8,11-12,30-31H,9-10H2,1-3H3. The number of nitrogens with zero attached hydrogens (tertiary/aromatic N) is 5. The zero-order valence-electron chi connectivity index (χ0n) is 17.2. The van der Waals surface area contributed by atoms with E-state index in [0.717, 1.165) is 6.07 Å². The van der Waals surface area contributed by atoms with Gasteiger partial charge in [0.25, 0.3) is 0 Å². The van der Waals surface area contributed by atoms with Crippen molar-refractivity contribution >= 4 is 16.6 Å². The average molecular weight is 433 g/mol. The van der Waals surface area contributed by atoms with Crippen LogP contribution >= 0.6 is 0 Å². The van der Waals surface area contributed by atoms with Crippen LogP contribution in [0.3, 0.4) is 0 Å². The monoisotopic (exact) mass is 433 g/mol. The number of hydrogen-bond donors (Lipinski definition) is 2. The Morgan fingerprint density at radius 1 is 1.03 bits per heavy atom. The summed E-state index contributed by atoms with van der Waals surface area (Å²) in [5.74, 6) is -0.0523. The summed E-state index contributed by atoms with van der Waals surface area (Å²) in [7, 11) is 0. The highest BCUT2D eigenvalue weighted by molar-refractivity contribution is 6.00. The maximum atomic E-state index is 13.0. The summed E-state index contributed by atoms with van der Waals surface area (Å²) in [6.45, 7) is 6.85. The lowest BCUT2D eigenvalue weighted by Gasteiger charge is -2.46. The second-order valence-corrected chi connectivity index (χ2v) is 8.35. The minimum absolute atomic E-state index is 0.0264. The summed E-state index contributed by atoms with van der Waals surface area (Å²) in [6, 6.07) is 2.73. The normalized spacial score (nSPS) is 24.5. The first-order chi connectivity index (χ1) is 14.5. The second-order valence-electron chi connectivity index (χ2n) is 8.35. The molecule has 0 radical (unpaired) electrons. The Kier molecular flexibility index (Phi) is 5.00. The van der Waals surface area contributed by atoms with Gasteiger partial charge >= 0.3 is 6.18 Å². The van der Waals surface area contributed by atoms with E-state index < -0.39 is 23.1 Å². The van der Waals surface area contributed by atoms with E-state index in [1.807, 2.05) is 25.7 Å². The molecule has 1 fully saturated rings. The first kappa shape index (κ1) is 21.2. The van der Waals surface area contributed by atoms with Gasteiger partial charge < -0.3 is 15.1 Å². The van der Waals surface area contributed by atoms with E-state index in [0.29, 0.717) is 35.7 Å². The molecule has 7 nitrogen and oxygen atoms in total. The van der Waals surface area contributed by atoms with Crippen LogP contribution in [0.5, 0.6) is 5.75 Å². The molecule has 1 aliphatic rings. The van der Waals surface area contributed by atoms with Crippen molar-refractivity contribution in [3.05, 3.63) is 36.2 Å². The Labute approximate surface area is 176 Å². The van der Waals surface area contributed by atoms with Gasteiger partial charge in [-0.2, -0.15) is 23.4 Å². The smallest absolute Gasteiger partial charge is 0.416 e. The topological polar surface area (TPSA) is 95.3 Å². The Bertz CT molecular complexity index is 1120. The largest absolute Gasteiger partial charge is 0.507 e. The van der Waals surface area contributed by atoms with Crippen LogP contribution in [0, 0.1) is 11.8 Å². The van der Waals surface area contributed by atoms with Crippen LogP contribution < -0.4 is 4.90 Å². The van der Waals surface area contributed by atoms with E-state index >= 15 is 0 Å². The molecule has 3 heterocycles. The Morgan fingerprint density at radius 3 is 2.23 bits per heavy atom. The molecule has 10 heteroatoms. The van der Waals surface area contributed by atoms with E-state index in [-0.39, 0.29) is 23.1 Å². The molecule has 2 unspecified atom stereocenters. The molecule has 1 aliphatic heterocycles. The SMILES string of the molecule is CC1CN(c2nnc(-c3ccc(C(F)(F)F)cc3O)c3cnncc23)CC(C)C1(C)O. The Hall–Kier alpha value is -3.01. The first-order valence-corrected chi connectivity index (χ1v) is 9.85. The van der Waals surface area contributed by atoms with Gasteiger partial charge in [0.05, 0.1) is 28.9 Å². The van der Waals surface area contributed by atoms with E-state index in [9.17, 15) is 23.4 Å². The van der Waals surface area contributed by atoms with Gasteiger partial charge in [0.1, 0.15) is 11.4 Å². The predicted octanol–water partition coefficient (Wildman–Crippen LogP) is 3.65. The number of rotatable bonds is 2. The van der Waals surface area contributed by atoms with Gasteiger partial charge in [-0.05, 0) is 25.1 Å². The van der Waals surface area contributed by atoms with Crippen LogP contribution in [-0.2, 0) is 6.18 Å². The third-order valence-electron chi connectivity index (χ3n) is 6.33. The van der Waals surface area contributed by atoms with Gasteiger partial charge in [0.15, 0.2) is 5.82 Å². The minimum Gasteiger partial charge on any atom is -0.507 e. The fourth-order valence-electron chi connectivity index (χ4n) is 4.00. The molecule has 0 spiro atoms. The molecule has 1 aromatic carbocycles. The predicted molar refractivity (Wildman–Crippen MR) is 108 cm³/mol. The molecule has 164 valence electrons. The van der Waals surface area contributed by atoms with Gasteiger partial charge in [-0.15, -0.1) is 10.2 Å². The molecular weight excluding hydrogens is 411 g/mol. The zero-order chi connectivity index (χ0) is 22.6. The minimum atomic E-state index is -4.57.